The van der Waals surface area contributed by atoms with Crippen LogP contribution in [0.5, 0.6) is 5.75 Å². The summed E-state index contributed by atoms with van der Waals surface area (Å²) in [5.41, 5.74) is 2.03. The van der Waals surface area contributed by atoms with Crippen molar-refractivity contribution in [1.82, 2.24) is 10.6 Å². The molecule has 3 atom stereocenters. The maximum Gasteiger partial charge on any atom is 0.224 e. The van der Waals surface area contributed by atoms with E-state index in [4.69, 9.17) is 4.74 Å². The van der Waals surface area contributed by atoms with Crippen LogP contribution in [0.15, 0.2) is 67.3 Å². The van der Waals surface area contributed by atoms with Gasteiger partial charge in [-0.15, -0.1) is 6.58 Å². The Morgan fingerprint density at radius 2 is 1.79 bits per heavy atom. The van der Waals surface area contributed by atoms with Crippen LogP contribution in [0.4, 0.5) is 0 Å². The van der Waals surface area contributed by atoms with Gasteiger partial charge in [0.2, 0.25) is 11.8 Å². The average Bonchev–Trinajstić information content (AvgIpc) is 2.82. The summed E-state index contributed by atoms with van der Waals surface area (Å²) >= 11 is 0. The molecule has 0 bridgehead atoms. The third kappa shape index (κ3) is 9.89. The Balaban J connectivity index is 1.85. The minimum absolute atomic E-state index is 0.0274. The van der Waals surface area contributed by atoms with Crippen molar-refractivity contribution in [1.29, 1.82) is 0 Å². The molecule has 4 N–H and O–H groups in total. The second kappa shape index (κ2) is 14.1. The third-order valence-corrected chi connectivity index (χ3v) is 5.06. The van der Waals surface area contributed by atoms with E-state index in [0.29, 0.717) is 19.4 Å². The highest BCUT2D eigenvalue weighted by Crippen LogP contribution is 2.16. The van der Waals surface area contributed by atoms with Gasteiger partial charge in [0.1, 0.15) is 12.4 Å². The van der Waals surface area contributed by atoms with Gasteiger partial charge in [0.15, 0.2) is 0 Å². The monoisotopic (exact) mass is 454 g/mol. The van der Waals surface area contributed by atoms with Crippen molar-refractivity contribution in [2.45, 2.75) is 44.9 Å². The van der Waals surface area contributed by atoms with Crippen molar-refractivity contribution >= 4 is 11.8 Å². The molecule has 0 radical (unpaired) electrons. The number of amides is 2. The molecular formula is C26H34N2O5. The quantitative estimate of drug-likeness (QED) is 0.328. The van der Waals surface area contributed by atoms with Gasteiger partial charge in [-0.05, 0) is 43.0 Å². The Kier molecular flexibility index (Phi) is 11.1. The normalized spacial score (nSPS) is 13.4. The Morgan fingerprint density at radius 3 is 2.39 bits per heavy atom. The van der Waals surface area contributed by atoms with Gasteiger partial charge >= 0.3 is 0 Å². The molecule has 33 heavy (non-hydrogen) atoms. The fourth-order valence-corrected chi connectivity index (χ4v) is 3.30. The smallest absolute Gasteiger partial charge is 0.224 e. The lowest BCUT2D eigenvalue weighted by atomic mass is 9.99. The number of rotatable bonds is 14. The second-order valence-electron chi connectivity index (χ2n) is 8.09. The highest BCUT2D eigenvalue weighted by Gasteiger charge is 2.22. The van der Waals surface area contributed by atoms with Gasteiger partial charge < -0.3 is 25.6 Å². The first-order valence-corrected chi connectivity index (χ1v) is 11.1. The molecule has 0 aliphatic carbocycles. The van der Waals surface area contributed by atoms with Gasteiger partial charge in [0.25, 0.3) is 0 Å². The topological polar surface area (TPSA) is 108 Å². The molecule has 0 heterocycles. The van der Waals surface area contributed by atoms with Gasteiger partial charge in [-0.1, -0.05) is 48.5 Å². The summed E-state index contributed by atoms with van der Waals surface area (Å²) < 4.78 is 5.79. The largest absolute Gasteiger partial charge is 0.489 e. The number of benzene rings is 2. The highest BCUT2D eigenvalue weighted by molar-refractivity contribution is 5.86. The summed E-state index contributed by atoms with van der Waals surface area (Å²) in [7, 11) is 0. The summed E-state index contributed by atoms with van der Waals surface area (Å²) in [5.74, 6) is -0.474. The minimum Gasteiger partial charge on any atom is -0.489 e. The zero-order valence-corrected chi connectivity index (χ0v) is 19.1. The van der Waals surface area contributed by atoms with E-state index in [1.165, 1.54) is 0 Å². The van der Waals surface area contributed by atoms with Crippen molar-refractivity contribution in [3.63, 3.8) is 0 Å². The molecule has 7 nitrogen and oxygen atoms in total. The summed E-state index contributed by atoms with van der Waals surface area (Å²) in [5, 5.41) is 24.5. The van der Waals surface area contributed by atoms with Gasteiger partial charge in [-0.3, -0.25) is 9.59 Å². The summed E-state index contributed by atoms with van der Waals surface area (Å²) in [4.78, 5) is 24.8. The molecule has 0 aliphatic rings. The summed E-state index contributed by atoms with van der Waals surface area (Å²) in [6, 6.07) is 16.9. The molecule has 2 aromatic carbocycles. The summed E-state index contributed by atoms with van der Waals surface area (Å²) in [6.07, 6.45) is 1.68. The number of hydrogen-bond acceptors (Lipinski definition) is 5. The standard InChI is InChI=1S/C26H34N2O5/c1-3-7-22(26(32)27-16-19(2)30)15-25(31)28-23(17-29)14-20-10-12-24(13-11-20)33-18-21-8-5-4-6-9-21/h3-6,8-13,19,22-23,29-30H,1,7,14-18H2,2H3,(H,27,32)(H,28,31). The maximum absolute atomic E-state index is 12.5. The highest BCUT2D eigenvalue weighted by atomic mass is 16.5. The van der Waals surface area contributed by atoms with E-state index in [0.717, 1.165) is 16.9 Å². The van der Waals surface area contributed by atoms with E-state index in [1.54, 1.807) is 13.0 Å². The molecule has 0 spiro atoms. The molecular weight excluding hydrogens is 420 g/mol. The average molecular weight is 455 g/mol. The van der Waals surface area contributed by atoms with Crippen LogP contribution >= 0.6 is 0 Å². The van der Waals surface area contributed by atoms with E-state index in [-0.39, 0.29) is 31.4 Å². The van der Waals surface area contributed by atoms with E-state index < -0.39 is 18.1 Å². The molecule has 178 valence electrons. The van der Waals surface area contributed by atoms with Crippen molar-refractivity contribution in [2.75, 3.05) is 13.2 Å². The number of allylic oxidation sites excluding steroid dienone is 1. The van der Waals surface area contributed by atoms with E-state index in [1.807, 2.05) is 54.6 Å². The Bertz CT molecular complexity index is 868. The molecule has 0 saturated carbocycles. The molecule has 7 heteroatoms. The molecule has 2 rings (SSSR count). The van der Waals surface area contributed by atoms with Crippen LogP contribution in [0.2, 0.25) is 0 Å². The number of aliphatic hydroxyl groups excluding tert-OH is 2. The van der Waals surface area contributed by atoms with Crippen LogP contribution in [-0.2, 0) is 22.6 Å². The zero-order valence-electron chi connectivity index (χ0n) is 19.1. The Morgan fingerprint density at radius 1 is 1.09 bits per heavy atom. The van der Waals surface area contributed by atoms with Crippen LogP contribution in [0.1, 0.15) is 30.9 Å². The van der Waals surface area contributed by atoms with Crippen LogP contribution in [0.3, 0.4) is 0 Å². The lowest BCUT2D eigenvalue weighted by Gasteiger charge is -2.20. The number of aliphatic hydroxyl groups is 2. The molecule has 2 amide bonds. The van der Waals surface area contributed by atoms with Crippen LogP contribution in [0.25, 0.3) is 0 Å². The first kappa shape index (κ1) is 26.1. The van der Waals surface area contributed by atoms with Crippen LogP contribution in [0, 0.1) is 5.92 Å². The van der Waals surface area contributed by atoms with Crippen molar-refractivity contribution in [3.05, 3.63) is 78.4 Å². The van der Waals surface area contributed by atoms with Crippen LogP contribution < -0.4 is 15.4 Å². The lowest BCUT2D eigenvalue weighted by molar-refractivity contribution is -0.130. The lowest BCUT2D eigenvalue weighted by Crippen LogP contribution is -2.42. The molecule has 0 aliphatic heterocycles. The number of carbonyl (C=O) groups excluding carboxylic acids is 2. The fraction of sp³-hybridized carbons (Fsp3) is 0.385. The molecule has 3 unspecified atom stereocenters. The minimum atomic E-state index is -0.666. The van der Waals surface area contributed by atoms with Gasteiger partial charge in [0, 0.05) is 13.0 Å². The molecule has 0 saturated heterocycles. The first-order valence-electron chi connectivity index (χ1n) is 11.1. The van der Waals surface area contributed by atoms with E-state index in [9.17, 15) is 19.8 Å². The summed E-state index contributed by atoms with van der Waals surface area (Å²) in [6.45, 7) is 5.60. The predicted molar refractivity (Wildman–Crippen MR) is 128 cm³/mol. The SMILES string of the molecule is C=CCC(CC(=O)NC(CO)Cc1ccc(OCc2ccccc2)cc1)C(=O)NCC(C)O. The molecule has 2 aromatic rings. The van der Waals surface area contributed by atoms with E-state index in [2.05, 4.69) is 17.2 Å². The van der Waals surface area contributed by atoms with Gasteiger partial charge in [-0.2, -0.15) is 0 Å². The maximum atomic E-state index is 12.5. The Labute approximate surface area is 195 Å². The van der Waals surface area contributed by atoms with Crippen molar-refractivity contribution in [3.8, 4) is 5.75 Å². The van der Waals surface area contributed by atoms with Gasteiger partial charge in [0.05, 0.1) is 24.7 Å². The number of carbonyl (C=O) groups is 2. The predicted octanol–water partition coefficient (Wildman–Crippen LogP) is 2.36. The van der Waals surface area contributed by atoms with Crippen molar-refractivity contribution < 1.29 is 24.5 Å². The number of ether oxygens (including phenoxy) is 1. The molecule has 0 aromatic heterocycles. The van der Waals surface area contributed by atoms with E-state index >= 15 is 0 Å². The van der Waals surface area contributed by atoms with Crippen LogP contribution in [-0.4, -0.2) is 47.3 Å². The second-order valence-corrected chi connectivity index (χ2v) is 8.09. The number of nitrogens with one attached hydrogen (secondary N) is 2. The number of hydrogen-bond donors (Lipinski definition) is 4. The zero-order chi connectivity index (χ0) is 24.1. The Hall–Kier alpha value is -3.16. The third-order valence-electron chi connectivity index (χ3n) is 5.06. The first-order chi connectivity index (χ1) is 15.9. The fourth-order valence-electron chi connectivity index (χ4n) is 3.30. The molecule has 0 fully saturated rings. The van der Waals surface area contributed by atoms with Crippen molar-refractivity contribution in [2.24, 2.45) is 5.92 Å². The van der Waals surface area contributed by atoms with Gasteiger partial charge in [-0.25, -0.2) is 0 Å².